The van der Waals surface area contributed by atoms with Gasteiger partial charge >= 0.3 is 0 Å². The fraction of sp³-hybridized carbons (Fsp3) is 0.250. The van der Waals surface area contributed by atoms with Crippen LogP contribution < -0.4 is 5.73 Å². The SMILES string of the molecule is NC(CSc1cccc(Cl)c1)Cc1cncs1. The van der Waals surface area contributed by atoms with Gasteiger partial charge in [0.1, 0.15) is 0 Å². The number of halogens is 1. The van der Waals surface area contributed by atoms with Gasteiger partial charge in [-0.15, -0.1) is 23.1 Å². The molecule has 1 unspecified atom stereocenters. The normalized spacial score (nSPS) is 12.6. The first-order valence-electron chi connectivity index (χ1n) is 5.25. The standard InChI is InChI=1S/C12H13ClN2S2/c13-9-2-1-3-11(4-9)16-7-10(14)5-12-6-15-8-17-12/h1-4,6,8,10H,5,7,14H2. The Morgan fingerprint density at radius 1 is 1.47 bits per heavy atom. The number of benzene rings is 1. The Kier molecular flexibility index (Phi) is 4.86. The fourth-order valence-electron chi connectivity index (χ4n) is 1.42. The average Bonchev–Trinajstić information content (AvgIpc) is 2.79. The summed E-state index contributed by atoms with van der Waals surface area (Å²) < 4.78 is 0. The van der Waals surface area contributed by atoms with Crippen molar-refractivity contribution in [3.8, 4) is 0 Å². The summed E-state index contributed by atoms with van der Waals surface area (Å²) in [5.41, 5.74) is 7.92. The van der Waals surface area contributed by atoms with Crippen molar-refractivity contribution in [3.63, 3.8) is 0 Å². The fourth-order valence-corrected chi connectivity index (χ4v) is 3.27. The van der Waals surface area contributed by atoms with Crippen LogP contribution in [0.25, 0.3) is 0 Å². The predicted octanol–water partition coefficient (Wildman–Crippen LogP) is 3.46. The van der Waals surface area contributed by atoms with Gasteiger partial charge in [0.25, 0.3) is 0 Å². The first kappa shape index (κ1) is 12.9. The Morgan fingerprint density at radius 3 is 3.06 bits per heavy atom. The molecule has 1 aromatic heterocycles. The van der Waals surface area contributed by atoms with E-state index in [0.29, 0.717) is 0 Å². The highest BCUT2D eigenvalue weighted by atomic mass is 35.5. The Morgan fingerprint density at radius 2 is 2.35 bits per heavy atom. The second-order valence-electron chi connectivity index (χ2n) is 3.70. The van der Waals surface area contributed by atoms with Gasteiger partial charge in [-0.3, -0.25) is 4.98 Å². The van der Waals surface area contributed by atoms with Crippen molar-refractivity contribution < 1.29 is 0 Å². The monoisotopic (exact) mass is 284 g/mol. The van der Waals surface area contributed by atoms with Gasteiger partial charge in [-0.25, -0.2) is 0 Å². The average molecular weight is 285 g/mol. The number of thioether (sulfide) groups is 1. The van der Waals surface area contributed by atoms with E-state index in [9.17, 15) is 0 Å². The Bertz CT molecular complexity index is 459. The van der Waals surface area contributed by atoms with Gasteiger partial charge < -0.3 is 5.73 Å². The lowest BCUT2D eigenvalue weighted by atomic mass is 10.2. The van der Waals surface area contributed by atoms with E-state index < -0.39 is 0 Å². The summed E-state index contributed by atoms with van der Waals surface area (Å²) in [4.78, 5) is 6.45. The highest BCUT2D eigenvalue weighted by Gasteiger charge is 2.06. The third-order valence-electron chi connectivity index (χ3n) is 2.21. The van der Waals surface area contributed by atoms with E-state index in [1.165, 1.54) is 4.88 Å². The number of hydrogen-bond donors (Lipinski definition) is 1. The zero-order chi connectivity index (χ0) is 12.1. The molecule has 1 atom stereocenters. The van der Waals surface area contributed by atoms with Crippen LogP contribution in [0.5, 0.6) is 0 Å². The lowest BCUT2D eigenvalue weighted by Gasteiger charge is -2.09. The Hall–Kier alpha value is -0.550. The summed E-state index contributed by atoms with van der Waals surface area (Å²) in [7, 11) is 0. The molecular formula is C12H13ClN2S2. The van der Waals surface area contributed by atoms with Crippen LogP contribution in [0.3, 0.4) is 0 Å². The molecule has 0 radical (unpaired) electrons. The predicted molar refractivity (Wildman–Crippen MR) is 76.0 cm³/mol. The second-order valence-corrected chi connectivity index (χ2v) is 6.20. The molecular weight excluding hydrogens is 272 g/mol. The van der Waals surface area contributed by atoms with E-state index in [4.69, 9.17) is 17.3 Å². The van der Waals surface area contributed by atoms with Crippen LogP contribution in [0.2, 0.25) is 5.02 Å². The third-order valence-corrected chi connectivity index (χ3v) is 4.43. The van der Waals surface area contributed by atoms with E-state index in [2.05, 4.69) is 11.1 Å². The smallest absolute Gasteiger partial charge is 0.0794 e. The molecule has 17 heavy (non-hydrogen) atoms. The summed E-state index contributed by atoms with van der Waals surface area (Å²) in [5.74, 6) is 0.887. The summed E-state index contributed by atoms with van der Waals surface area (Å²) >= 11 is 9.32. The molecule has 0 amide bonds. The summed E-state index contributed by atoms with van der Waals surface area (Å²) in [5, 5.41) is 0.769. The molecule has 2 rings (SSSR count). The molecule has 1 aromatic carbocycles. The Labute approximate surface area is 114 Å². The number of hydrogen-bond acceptors (Lipinski definition) is 4. The topological polar surface area (TPSA) is 38.9 Å². The van der Waals surface area contributed by atoms with Crippen molar-refractivity contribution in [1.82, 2.24) is 4.98 Å². The molecule has 0 spiro atoms. The van der Waals surface area contributed by atoms with Gasteiger partial charge in [0.05, 0.1) is 5.51 Å². The van der Waals surface area contributed by atoms with Crippen molar-refractivity contribution in [3.05, 3.63) is 45.9 Å². The lowest BCUT2D eigenvalue weighted by Crippen LogP contribution is -2.25. The molecule has 2 aromatic rings. The van der Waals surface area contributed by atoms with Crippen LogP contribution >= 0.6 is 34.7 Å². The molecule has 2 N–H and O–H groups in total. The third kappa shape index (κ3) is 4.32. The molecule has 2 nitrogen and oxygen atoms in total. The molecule has 1 heterocycles. The second kappa shape index (κ2) is 6.40. The molecule has 0 saturated heterocycles. The minimum absolute atomic E-state index is 0.152. The summed E-state index contributed by atoms with van der Waals surface area (Å²) in [6.07, 6.45) is 2.77. The minimum atomic E-state index is 0.152. The molecule has 5 heteroatoms. The molecule has 90 valence electrons. The highest BCUT2D eigenvalue weighted by molar-refractivity contribution is 7.99. The van der Waals surface area contributed by atoms with Crippen molar-refractivity contribution in [1.29, 1.82) is 0 Å². The van der Waals surface area contributed by atoms with Crippen molar-refractivity contribution in [2.24, 2.45) is 5.73 Å². The molecule has 0 aliphatic heterocycles. The van der Waals surface area contributed by atoms with Crippen LogP contribution in [0.1, 0.15) is 4.88 Å². The van der Waals surface area contributed by atoms with Crippen molar-refractivity contribution in [2.75, 3.05) is 5.75 Å². The molecule has 0 fully saturated rings. The zero-order valence-electron chi connectivity index (χ0n) is 9.17. The van der Waals surface area contributed by atoms with Gasteiger partial charge in [0.2, 0.25) is 0 Å². The van der Waals surface area contributed by atoms with Crippen LogP contribution in [0, 0.1) is 0 Å². The maximum absolute atomic E-state index is 6.08. The first-order chi connectivity index (χ1) is 8.24. The van der Waals surface area contributed by atoms with Crippen LogP contribution in [0.4, 0.5) is 0 Å². The van der Waals surface area contributed by atoms with Gasteiger partial charge in [-0.05, 0) is 24.6 Å². The van der Waals surface area contributed by atoms with Gasteiger partial charge in [0, 0.05) is 32.8 Å². The number of aromatic nitrogens is 1. The van der Waals surface area contributed by atoms with Crippen molar-refractivity contribution >= 4 is 34.7 Å². The van der Waals surface area contributed by atoms with Crippen LogP contribution in [-0.4, -0.2) is 16.8 Å². The number of rotatable bonds is 5. The van der Waals surface area contributed by atoms with E-state index in [-0.39, 0.29) is 6.04 Å². The maximum atomic E-state index is 6.08. The maximum Gasteiger partial charge on any atom is 0.0794 e. The van der Waals surface area contributed by atoms with Gasteiger partial charge in [0.15, 0.2) is 0 Å². The number of nitrogens with two attached hydrogens (primary N) is 1. The molecule has 0 bridgehead atoms. The summed E-state index contributed by atoms with van der Waals surface area (Å²) in [6.45, 7) is 0. The van der Waals surface area contributed by atoms with E-state index in [1.54, 1.807) is 23.1 Å². The summed E-state index contributed by atoms with van der Waals surface area (Å²) in [6, 6.07) is 8.00. The van der Waals surface area contributed by atoms with Gasteiger partial charge in [-0.2, -0.15) is 0 Å². The minimum Gasteiger partial charge on any atom is -0.327 e. The van der Waals surface area contributed by atoms with Crippen LogP contribution in [0.15, 0.2) is 40.9 Å². The van der Waals surface area contributed by atoms with E-state index >= 15 is 0 Å². The number of nitrogens with zero attached hydrogens (tertiary/aromatic N) is 1. The lowest BCUT2D eigenvalue weighted by molar-refractivity contribution is 0.756. The van der Waals surface area contributed by atoms with Crippen molar-refractivity contribution in [2.45, 2.75) is 17.4 Å². The highest BCUT2D eigenvalue weighted by Crippen LogP contribution is 2.22. The zero-order valence-corrected chi connectivity index (χ0v) is 11.6. The Balaban J connectivity index is 1.82. The molecule has 0 aliphatic rings. The van der Waals surface area contributed by atoms with E-state index in [0.717, 1.165) is 22.1 Å². The largest absolute Gasteiger partial charge is 0.327 e. The first-order valence-corrected chi connectivity index (χ1v) is 7.49. The van der Waals surface area contributed by atoms with Crippen LogP contribution in [-0.2, 0) is 6.42 Å². The molecule has 0 saturated carbocycles. The molecule has 0 aliphatic carbocycles. The van der Waals surface area contributed by atoms with E-state index in [1.807, 2.05) is 29.9 Å². The number of thiazole rings is 1. The quantitative estimate of drug-likeness (QED) is 0.855. The van der Waals surface area contributed by atoms with Gasteiger partial charge in [-0.1, -0.05) is 17.7 Å².